The molecule has 2 aliphatic carbocycles. The van der Waals surface area contributed by atoms with Crippen LogP contribution in [0, 0.1) is 16.7 Å². The Morgan fingerprint density at radius 1 is 1.44 bits per heavy atom. The van der Waals surface area contributed by atoms with Crippen molar-refractivity contribution in [2.24, 2.45) is 16.7 Å². The molecule has 3 atom stereocenters. The maximum absolute atomic E-state index is 11.4. The molecule has 1 heterocycles. The van der Waals surface area contributed by atoms with Crippen LogP contribution in [0.1, 0.15) is 44.9 Å². The van der Waals surface area contributed by atoms with Crippen LogP contribution in [0.4, 0.5) is 0 Å². The summed E-state index contributed by atoms with van der Waals surface area (Å²) >= 11 is 5.27. The normalized spacial score (nSPS) is 41.5. The maximum Gasteiger partial charge on any atom is 0.0802 e. The van der Waals surface area contributed by atoms with Gasteiger partial charge in [-0.1, -0.05) is 20.8 Å². The van der Waals surface area contributed by atoms with E-state index in [0.29, 0.717) is 5.92 Å². The highest BCUT2D eigenvalue weighted by molar-refractivity contribution is 9.10. The molecule has 0 amide bonds. The van der Waals surface area contributed by atoms with Crippen molar-refractivity contribution in [1.82, 2.24) is 0 Å². The molecule has 0 radical (unpaired) electrons. The molecule has 2 aliphatic rings. The van der Waals surface area contributed by atoms with Gasteiger partial charge in [-0.05, 0) is 58.0 Å². The molecular weight excluding hydrogens is 308 g/mol. The van der Waals surface area contributed by atoms with Gasteiger partial charge in [0.25, 0.3) is 0 Å². The van der Waals surface area contributed by atoms with E-state index in [1.165, 1.54) is 24.1 Å². The summed E-state index contributed by atoms with van der Waals surface area (Å²) in [7, 11) is 0. The maximum atomic E-state index is 11.4. The Bertz CT molecular complexity index is 474. The molecule has 1 aromatic rings. The molecule has 3 heteroatoms. The van der Waals surface area contributed by atoms with E-state index in [2.05, 4.69) is 48.1 Å². The molecule has 100 valence electrons. The van der Waals surface area contributed by atoms with E-state index < -0.39 is 5.60 Å². The predicted octanol–water partition coefficient (Wildman–Crippen LogP) is 4.63. The van der Waals surface area contributed by atoms with E-state index in [0.717, 1.165) is 10.9 Å². The first kappa shape index (κ1) is 13.1. The van der Waals surface area contributed by atoms with Crippen LogP contribution in [0.15, 0.2) is 15.9 Å². The fourth-order valence-electron chi connectivity index (χ4n) is 4.49. The van der Waals surface area contributed by atoms with E-state index in [1.54, 1.807) is 11.3 Å². The largest absolute Gasteiger partial charge is 0.388 e. The van der Waals surface area contributed by atoms with Crippen molar-refractivity contribution < 1.29 is 5.11 Å². The van der Waals surface area contributed by atoms with Gasteiger partial charge in [-0.15, -0.1) is 11.3 Å². The molecule has 18 heavy (non-hydrogen) atoms. The van der Waals surface area contributed by atoms with Gasteiger partial charge in [0.15, 0.2) is 0 Å². The number of hydrogen-bond acceptors (Lipinski definition) is 2. The van der Waals surface area contributed by atoms with Crippen molar-refractivity contribution in [3.05, 3.63) is 20.8 Å². The van der Waals surface area contributed by atoms with Gasteiger partial charge in [0, 0.05) is 21.2 Å². The standard InChI is InChI=1S/C15H21BrOS/c1-13(2)10-4-5-14(3,7-10)15(13,17)8-12-6-11(16)9-18-12/h6,9-10,17H,4-5,7-8H2,1-3H3. The zero-order chi connectivity index (χ0) is 13.2. The average molecular weight is 329 g/mol. The summed E-state index contributed by atoms with van der Waals surface area (Å²) in [5, 5.41) is 13.5. The summed E-state index contributed by atoms with van der Waals surface area (Å²) < 4.78 is 1.14. The van der Waals surface area contributed by atoms with Crippen LogP contribution in [-0.4, -0.2) is 10.7 Å². The SMILES string of the molecule is CC12CCC(C1)C(C)(C)C2(O)Cc1cc(Br)cs1. The lowest BCUT2D eigenvalue weighted by molar-refractivity contribution is -0.141. The number of hydrogen-bond donors (Lipinski definition) is 1. The average Bonchev–Trinajstić information content (AvgIpc) is 2.88. The fourth-order valence-corrected chi connectivity index (χ4v) is 6.02. The third-order valence-corrected chi connectivity index (χ3v) is 7.58. The Kier molecular flexibility index (Phi) is 2.80. The number of thiophene rings is 1. The van der Waals surface area contributed by atoms with Gasteiger partial charge < -0.3 is 5.11 Å². The van der Waals surface area contributed by atoms with E-state index in [1.807, 2.05) is 0 Å². The highest BCUT2D eigenvalue weighted by Crippen LogP contribution is 2.68. The fraction of sp³-hybridized carbons (Fsp3) is 0.733. The van der Waals surface area contributed by atoms with Gasteiger partial charge in [-0.25, -0.2) is 0 Å². The zero-order valence-corrected chi connectivity index (χ0v) is 13.7. The van der Waals surface area contributed by atoms with Gasteiger partial charge in [0.2, 0.25) is 0 Å². The number of halogens is 1. The van der Waals surface area contributed by atoms with Crippen molar-refractivity contribution in [2.75, 3.05) is 0 Å². The second-order valence-electron chi connectivity index (χ2n) is 6.99. The van der Waals surface area contributed by atoms with E-state index in [-0.39, 0.29) is 10.8 Å². The first-order chi connectivity index (χ1) is 8.28. The summed E-state index contributed by atoms with van der Waals surface area (Å²) in [5.74, 6) is 0.691. The molecule has 3 rings (SSSR count). The van der Waals surface area contributed by atoms with Crippen molar-refractivity contribution in [2.45, 2.75) is 52.1 Å². The lowest BCUT2D eigenvalue weighted by Gasteiger charge is -2.50. The molecular formula is C15H21BrOS. The van der Waals surface area contributed by atoms with Crippen LogP contribution in [0.2, 0.25) is 0 Å². The Labute approximate surface area is 122 Å². The smallest absolute Gasteiger partial charge is 0.0802 e. The highest BCUT2D eigenvalue weighted by Gasteiger charge is 2.68. The lowest BCUT2D eigenvalue weighted by atomic mass is 9.59. The van der Waals surface area contributed by atoms with Crippen LogP contribution in [0.25, 0.3) is 0 Å². The second-order valence-corrected chi connectivity index (χ2v) is 8.90. The van der Waals surface area contributed by atoms with Crippen LogP contribution >= 0.6 is 27.3 Å². The summed E-state index contributed by atoms with van der Waals surface area (Å²) in [5.41, 5.74) is -0.401. The minimum absolute atomic E-state index is 0.0382. The Balaban J connectivity index is 1.97. The van der Waals surface area contributed by atoms with Crippen LogP contribution in [0.5, 0.6) is 0 Å². The number of rotatable bonds is 2. The molecule has 1 aromatic heterocycles. The third-order valence-electron chi connectivity index (χ3n) is 5.88. The summed E-state index contributed by atoms with van der Waals surface area (Å²) in [4.78, 5) is 1.30. The minimum Gasteiger partial charge on any atom is -0.388 e. The lowest BCUT2D eigenvalue weighted by Crippen LogP contribution is -2.55. The van der Waals surface area contributed by atoms with Crippen molar-refractivity contribution in [1.29, 1.82) is 0 Å². The first-order valence-electron chi connectivity index (χ1n) is 6.74. The summed E-state index contributed by atoms with van der Waals surface area (Å²) in [6.45, 7) is 6.83. The van der Waals surface area contributed by atoms with Crippen LogP contribution in [0.3, 0.4) is 0 Å². The monoisotopic (exact) mass is 328 g/mol. The molecule has 2 saturated carbocycles. The molecule has 1 N–H and O–H groups in total. The molecule has 2 fully saturated rings. The second kappa shape index (κ2) is 3.83. The van der Waals surface area contributed by atoms with Crippen LogP contribution < -0.4 is 0 Å². The van der Waals surface area contributed by atoms with Crippen molar-refractivity contribution >= 4 is 27.3 Å². The molecule has 0 aliphatic heterocycles. The van der Waals surface area contributed by atoms with Gasteiger partial charge in [-0.3, -0.25) is 0 Å². The Morgan fingerprint density at radius 2 is 2.17 bits per heavy atom. The molecule has 0 aromatic carbocycles. The van der Waals surface area contributed by atoms with Crippen LogP contribution in [-0.2, 0) is 6.42 Å². The molecule has 3 unspecified atom stereocenters. The van der Waals surface area contributed by atoms with Gasteiger partial charge in [0.1, 0.15) is 0 Å². The summed E-state index contributed by atoms with van der Waals surface area (Å²) in [6.07, 6.45) is 4.48. The van der Waals surface area contributed by atoms with E-state index in [9.17, 15) is 5.11 Å². The van der Waals surface area contributed by atoms with Crippen molar-refractivity contribution in [3.8, 4) is 0 Å². The van der Waals surface area contributed by atoms with Crippen molar-refractivity contribution in [3.63, 3.8) is 0 Å². The molecule has 1 nitrogen and oxygen atoms in total. The Morgan fingerprint density at radius 3 is 2.67 bits per heavy atom. The summed E-state index contributed by atoms with van der Waals surface area (Å²) in [6, 6.07) is 2.16. The number of aliphatic hydroxyl groups is 1. The molecule has 0 saturated heterocycles. The zero-order valence-electron chi connectivity index (χ0n) is 11.3. The molecule has 0 spiro atoms. The minimum atomic E-state index is -0.548. The first-order valence-corrected chi connectivity index (χ1v) is 8.41. The van der Waals surface area contributed by atoms with Gasteiger partial charge in [0.05, 0.1) is 5.60 Å². The van der Waals surface area contributed by atoms with E-state index >= 15 is 0 Å². The Hall–Kier alpha value is 0.140. The topological polar surface area (TPSA) is 20.2 Å². The quantitative estimate of drug-likeness (QED) is 0.839. The predicted molar refractivity (Wildman–Crippen MR) is 79.9 cm³/mol. The highest BCUT2D eigenvalue weighted by atomic mass is 79.9. The molecule has 2 bridgehead atoms. The van der Waals surface area contributed by atoms with Gasteiger partial charge >= 0.3 is 0 Å². The van der Waals surface area contributed by atoms with E-state index in [4.69, 9.17) is 0 Å². The third kappa shape index (κ3) is 1.53. The van der Waals surface area contributed by atoms with Gasteiger partial charge in [-0.2, -0.15) is 0 Å². The number of fused-ring (bicyclic) bond motifs is 2.